The van der Waals surface area contributed by atoms with E-state index in [-0.39, 0.29) is 11.9 Å². The highest BCUT2D eigenvalue weighted by molar-refractivity contribution is 6.05. The SMILES string of the molecule is CCCCNC(=O)NC1C(=O)N(C)c2ccccc21. The molecule has 0 saturated heterocycles. The molecule has 0 aliphatic carbocycles. The van der Waals surface area contributed by atoms with E-state index in [0.717, 1.165) is 24.1 Å². The number of nitrogens with one attached hydrogen (secondary N) is 2. The number of fused-ring (bicyclic) bond motifs is 1. The highest BCUT2D eigenvalue weighted by Crippen LogP contribution is 2.34. The Kier molecular flexibility index (Phi) is 4.04. The van der Waals surface area contributed by atoms with Crippen LogP contribution < -0.4 is 15.5 Å². The van der Waals surface area contributed by atoms with Crippen molar-refractivity contribution in [2.75, 3.05) is 18.5 Å². The molecule has 1 aliphatic rings. The number of urea groups is 1. The first-order valence-corrected chi connectivity index (χ1v) is 6.56. The lowest BCUT2D eigenvalue weighted by Crippen LogP contribution is -2.42. The lowest BCUT2D eigenvalue weighted by atomic mass is 10.1. The van der Waals surface area contributed by atoms with Gasteiger partial charge in [-0.25, -0.2) is 4.79 Å². The third kappa shape index (κ3) is 2.70. The van der Waals surface area contributed by atoms with E-state index in [0.29, 0.717) is 6.54 Å². The standard InChI is InChI=1S/C14H19N3O2/c1-3-4-9-15-14(19)16-12-10-7-5-6-8-11(10)17(2)13(12)18/h5-8,12H,3-4,9H2,1-2H3,(H2,15,16,19). The lowest BCUT2D eigenvalue weighted by Gasteiger charge is -2.13. The molecule has 1 aliphatic heterocycles. The molecule has 0 bridgehead atoms. The summed E-state index contributed by atoms with van der Waals surface area (Å²) in [7, 11) is 1.72. The molecule has 5 nitrogen and oxygen atoms in total. The molecule has 3 amide bonds. The summed E-state index contributed by atoms with van der Waals surface area (Å²) in [6.07, 6.45) is 1.96. The van der Waals surface area contributed by atoms with Crippen molar-refractivity contribution < 1.29 is 9.59 Å². The van der Waals surface area contributed by atoms with Gasteiger partial charge in [-0.2, -0.15) is 0 Å². The van der Waals surface area contributed by atoms with Crippen LogP contribution in [0.25, 0.3) is 0 Å². The molecule has 1 heterocycles. The quantitative estimate of drug-likeness (QED) is 0.812. The van der Waals surface area contributed by atoms with E-state index >= 15 is 0 Å². The van der Waals surface area contributed by atoms with Gasteiger partial charge in [-0.05, 0) is 12.5 Å². The number of likely N-dealkylation sites (N-methyl/N-ethyl adjacent to an activating group) is 1. The molecule has 1 aromatic rings. The van der Waals surface area contributed by atoms with Crippen LogP contribution in [0.15, 0.2) is 24.3 Å². The van der Waals surface area contributed by atoms with Crippen molar-refractivity contribution in [3.8, 4) is 0 Å². The van der Waals surface area contributed by atoms with Crippen molar-refractivity contribution in [3.05, 3.63) is 29.8 Å². The van der Waals surface area contributed by atoms with E-state index < -0.39 is 6.04 Å². The van der Waals surface area contributed by atoms with Gasteiger partial charge in [-0.15, -0.1) is 0 Å². The molecule has 0 fully saturated rings. The topological polar surface area (TPSA) is 61.4 Å². The highest BCUT2D eigenvalue weighted by Gasteiger charge is 2.35. The molecule has 0 spiro atoms. The summed E-state index contributed by atoms with van der Waals surface area (Å²) in [6.45, 7) is 2.69. The zero-order chi connectivity index (χ0) is 13.8. The second-order valence-corrected chi connectivity index (χ2v) is 4.64. The molecule has 2 N–H and O–H groups in total. The summed E-state index contributed by atoms with van der Waals surface area (Å²) < 4.78 is 0. The largest absolute Gasteiger partial charge is 0.338 e. The molecule has 0 aromatic heterocycles. The maximum absolute atomic E-state index is 12.1. The Hall–Kier alpha value is -2.04. The minimum absolute atomic E-state index is 0.105. The molecule has 1 unspecified atom stereocenters. The predicted octanol–water partition coefficient (Wildman–Crippen LogP) is 1.80. The molecule has 1 aromatic carbocycles. The van der Waals surface area contributed by atoms with Gasteiger partial charge in [0.2, 0.25) is 0 Å². The fourth-order valence-electron chi connectivity index (χ4n) is 2.18. The third-order valence-corrected chi connectivity index (χ3v) is 3.28. The van der Waals surface area contributed by atoms with Gasteiger partial charge in [0.05, 0.1) is 0 Å². The molecular weight excluding hydrogens is 242 g/mol. The molecule has 0 saturated carbocycles. The van der Waals surface area contributed by atoms with E-state index in [1.807, 2.05) is 24.3 Å². The van der Waals surface area contributed by atoms with E-state index in [1.165, 1.54) is 0 Å². The van der Waals surface area contributed by atoms with Crippen molar-refractivity contribution in [1.29, 1.82) is 0 Å². The Morgan fingerprint density at radius 2 is 2.11 bits per heavy atom. The number of anilines is 1. The summed E-state index contributed by atoms with van der Waals surface area (Å²) in [5, 5.41) is 5.49. The number of para-hydroxylation sites is 1. The number of unbranched alkanes of at least 4 members (excludes halogenated alkanes) is 1. The minimum Gasteiger partial charge on any atom is -0.338 e. The lowest BCUT2D eigenvalue weighted by molar-refractivity contribution is -0.119. The van der Waals surface area contributed by atoms with Gasteiger partial charge in [0.25, 0.3) is 5.91 Å². The summed E-state index contributed by atoms with van der Waals surface area (Å²) >= 11 is 0. The van der Waals surface area contributed by atoms with Gasteiger partial charge in [-0.3, -0.25) is 4.79 Å². The normalized spacial score (nSPS) is 17.3. The third-order valence-electron chi connectivity index (χ3n) is 3.28. The number of benzene rings is 1. The first kappa shape index (κ1) is 13.4. The smallest absolute Gasteiger partial charge is 0.315 e. The van der Waals surface area contributed by atoms with Crippen molar-refractivity contribution >= 4 is 17.6 Å². The molecular formula is C14H19N3O2. The van der Waals surface area contributed by atoms with Crippen molar-refractivity contribution in [3.63, 3.8) is 0 Å². The Labute approximate surface area is 113 Å². The van der Waals surface area contributed by atoms with E-state index in [9.17, 15) is 9.59 Å². The van der Waals surface area contributed by atoms with E-state index in [4.69, 9.17) is 0 Å². The zero-order valence-electron chi connectivity index (χ0n) is 11.3. The molecule has 19 heavy (non-hydrogen) atoms. The Morgan fingerprint density at radius 1 is 1.37 bits per heavy atom. The molecule has 102 valence electrons. The van der Waals surface area contributed by atoms with Gasteiger partial charge >= 0.3 is 6.03 Å². The van der Waals surface area contributed by atoms with Crippen molar-refractivity contribution in [1.82, 2.24) is 10.6 Å². The number of carbonyl (C=O) groups is 2. The first-order valence-electron chi connectivity index (χ1n) is 6.56. The molecule has 5 heteroatoms. The van der Waals surface area contributed by atoms with Crippen LogP contribution >= 0.6 is 0 Å². The second kappa shape index (κ2) is 5.73. The van der Waals surface area contributed by atoms with Crippen LogP contribution in [0.3, 0.4) is 0 Å². The average molecular weight is 261 g/mol. The molecule has 1 atom stereocenters. The number of carbonyl (C=O) groups excluding carboxylic acids is 2. The van der Waals surface area contributed by atoms with Crippen LogP contribution in [0, 0.1) is 0 Å². The van der Waals surface area contributed by atoms with Crippen LogP contribution in [-0.4, -0.2) is 25.5 Å². The maximum Gasteiger partial charge on any atom is 0.315 e. The monoisotopic (exact) mass is 261 g/mol. The number of amides is 3. The van der Waals surface area contributed by atoms with E-state index in [1.54, 1.807) is 11.9 Å². The first-order chi connectivity index (χ1) is 9.15. The van der Waals surface area contributed by atoms with Crippen LogP contribution in [0.2, 0.25) is 0 Å². The number of hydrogen-bond donors (Lipinski definition) is 2. The van der Waals surface area contributed by atoms with Crippen LogP contribution in [0.5, 0.6) is 0 Å². The van der Waals surface area contributed by atoms with E-state index in [2.05, 4.69) is 17.6 Å². The summed E-state index contributed by atoms with van der Waals surface area (Å²) in [4.78, 5) is 25.4. The van der Waals surface area contributed by atoms with Gasteiger partial charge in [0.1, 0.15) is 6.04 Å². The minimum atomic E-state index is -0.581. The zero-order valence-corrected chi connectivity index (χ0v) is 11.3. The molecule has 2 rings (SSSR count). The van der Waals surface area contributed by atoms with Gasteiger partial charge in [0.15, 0.2) is 0 Å². The number of hydrogen-bond acceptors (Lipinski definition) is 2. The predicted molar refractivity (Wildman–Crippen MR) is 74.0 cm³/mol. The van der Waals surface area contributed by atoms with Crippen LogP contribution in [0.4, 0.5) is 10.5 Å². The molecule has 0 radical (unpaired) electrons. The Morgan fingerprint density at radius 3 is 2.84 bits per heavy atom. The van der Waals surface area contributed by atoms with Gasteiger partial charge in [-0.1, -0.05) is 31.5 Å². The van der Waals surface area contributed by atoms with Gasteiger partial charge < -0.3 is 15.5 Å². The van der Waals surface area contributed by atoms with Crippen LogP contribution in [-0.2, 0) is 4.79 Å². The summed E-state index contributed by atoms with van der Waals surface area (Å²) in [5.41, 5.74) is 1.70. The van der Waals surface area contributed by atoms with Crippen molar-refractivity contribution in [2.24, 2.45) is 0 Å². The van der Waals surface area contributed by atoms with Crippen molar-refractivity contribution in [2.45, 2.75) is 25.8 Å². The maximum atomic E-state index is 12.1. The Balaban J connectivity index is 2.05. The van der Waals surface area contributed by atoms with Gasteiger partial charge in [0, 0.05) is 24.8 Å². The number of nitrogens with zero attached hydrogens (tertiary/aromatic N) is 1. The average Bonchev–Trinajstić information content (AvgIpc) is 2.65. The summed E-state index contributed by atoms with van der Waals surface area (Å²) in [6, 6.07) is 6.62. The Bertz CT molecular complexity index is 487. The fourth-order valence-corrected chi connectivity index (χ4v) is 2.18. The fraction of sp³-hybridized carbons (Fsp3) is 0.429. The highest BCUT2D eigenvalue weighted by atomic mass is 16.2. The van der Waals surface area contributed by atoms with Crippen LogP contribution in [0.1, 0.15) is 31.4 Å². The number of rotatable bonds is 4. The second-order valence-electron chi connectivity index (χ2n) is 4.64. The summed E-state index contributed by atoms with van der Waals surface area (Å²) in [5.74, 6) is -0.105.